The van der Waals surface area contributed by atoms with E-state index < -0.39 is 18.0 Å². The number of amides is 1. The molecule has 72 valence electrons. The number of aromatic amines is 1. The summed E-state index contributed by atoms with van der Waals surface area (Å²) in [4.78, 5) is 11.2. The topological polar surface area (TPSA) is 81.6 Å². The van der Waals surface area contributed by atoms with Crippen molar-refractivity contribution in [3.8, 4) is 6.07 Å². The largest absolute Gasteiger partial charge is 0.310 e. The highest BCUT2D eigenvalue weighted by atomic mass is 19.1. The van der Waals surface area contributed by atoms with Crippen LogP contribution in [0.25, 0.3) is 0 Å². The highest BCUT2D eigenvalue weighted by Crippen LogP contribution is 2.34. The van der Waals surface area contributed by atoms with Gasteiger partial charge in [-0.1, -0.05) is 0 Å². The van der Waals surface area contributed by atoms with E-state index in [1.165, 1.54) is 6.20 Å². The van der Waals surface area contributed by atoms with E-state index in [0.717, 1.165) is 0 Å². The van der Waals surface area contributed by atoms with E-state index >= 15 is 0 Å². The van der Waals surface area contributed by atoms with Crippen molar-refractivity contribution in [2.75, 3.05) is 5.32 Å². The maximum atomic E-state index is 12.5. The molecule has 0 spiro atoms. The average molecular weight is 194 g/mol. The molecule has 5 nitrogen and oxygen atoms in total. The first-order chi connectivity index (χ1) is 6.72. The van der Waals surface area contributed by atoms with Crippen molar-refractivity contribution in [2.45, 2.75) is 12.6 Å². The van der Waals surface area contributed by atoms with Crippen molar-refractivity contribution in [1.82, 2.24) is 10.2 Å². The Hall–Kier alpha value is -1.90. The van der Waals surface area contributed by atoms with Gasteiger partial charge in [0.05, 0.1) is 12.1 Å². The minimum Gasteiger partial charge on any atom is -0.310 e. The molecule has 1 amide bonds. The number of rotatable bonds is 2. The summed E-state index contributed by atoms with van der Waals surface area (Å²) in [6.07, 6.45) is 0.528. The van der Waals surface area contributed by atoms with Gasteiger partial charge in [0.25, 0.3) is 0 Å². The zero-order valence-electron chi connectivity index (χ0n) is 7.12. The summed E-state index contributed by atoms with van der Waals surface area (Å²) in [6, 6.07) is 1.85. The first-order valence-corrected chi connectivity index (χ1v) is 4.10. The third-order valence-electron chi connectivity index (χ3n) is 2.06. The van der Waals surface area contributed by atoms with Crippen molar-refractivity contribution in [1.29, 1.82) is 5.26 Å². The number of carbonyl (C=O) groups is 1. The molecule has 1 aromatic rings. The molecule has 0 aromatic carbocycles. The number of carbonyl (C=O) groups excluding carboxylic acids is 1. The highest BCUT2D eigenvalue weighted by Gasteiger charge is 2.43. The van der Waals surface area contributed by atoms with Gasteiger partial charge in [-0.15, -0.1) is 0 Å². The van der Waals surface area contributed by atoms with E-state index in [1.54, 1.807) is 0 Å². The molecule has 0 aliphatic heterocycles. The van der Waals surface area contributed by atoms with Crippen LogP contribution in [0.15, 0.2) is 6.20 Å². The van der Waals surface area contributed by atoms with Crippen LogP contribution in [0.1, 0.15) is 12.0 Å². The lowest BCUT2D eigenvalue weighted by molar-refractivity contribution is -0.117. The number of H-pyrrole nitrogens is 1. The molecule has 2 N–H and O–H groups in total. The monoisotopic (exact) mass is 194 g/mol. The molecule has 1 aliphatic carbocycles. The summed E-state index contributed by atoms with van der Waals surface area (Å²) < 4.78 is 12.5. The molecule has 0 unspecified atom stereocenters. The zero-order chi connectivity index (χ0) is 10.1. The van der Waals surface area contributed by atoms with Crippen LogP contribution in [0, 0.1) is 17.2 Å². The van der Waals surface area contributed by atoms with Gasteiger partial charge in [0.1, 0.15) is 23.6 Å². The van der Waals surface area contributed by atoms with Gasteiger partial charge in [-0.3, -0.25) is 9.89 Å². The van der Waals surface area contributed by atoms with Crippen molar-refractivity contribution in [3.63, 3.8) is 0 Å². The lowest BCUT2D eigenvalue weighted by Gasteiger charge is -1.99. The lowest BCUT2D eigenvalue weighted by atomic mass is 10.3. The highest BCUT2D eigenvalue weighted by molar-refractivity contribution is 5.94. The molecule has 2 rings (SSSR count). The van der Waals surface area contributed by atoms with E-state index in [4.69, 9.17) is 5.26 Å². The van der Waals surface area contributed by atoms with Crippen molar-refractivity contribution in [2.24, 2.45) is 5.92 Å². The predicted octanol–water partition coefficient (Wildman–Crippen LogP) is 0.578. The quantitative estimate of drug-likeness (QED) is 0.722. The van der Waals surface area contributed by atoms with Crippen molar-refractivity contribution in [3.05, 3.63) is 11.8 Å². The van der Waals surface area contributed by atoms with E-state index in [-0.39, 0.29) is 17.8 Å². The Morgan fingerprint density at radius 1 is 1.86 bits per heavy atom. The van der Waals surface area contributed by atoms with Gasteiger partial charge in [0.15, 0.2) is 0 Å². The van der Waals surface area contributed by atoms with Crippen LogP contribution in [0.5, 0.6) is 0 Å². The summed E-state index contributed by atoms with van der Waals surface area (Å²) in [7, 11) is 0. The Morgan fingerprint density at radius 2 is 2.57 bits per heavy atom. The standard InChI is InChI=1S/C8H7FN4O/c9-6-1-5(6)8(14)12-7-4(2-10)3-11-13-7/h3,5-6H,1H2,(H2,11,12,13,14)/t5-,6+/m1/s1. The second-order valence-corrected chi connectivity index (χ2v) is 3.12. The molecule has 1 aliphatic rings. The molecule has 0 saturated heterocycles. The predicted molar refractivity (Wildman–Crippen MR) is 44.9 cm³/mol. The smallest absolute Gasteiger partial charge is 0.231 e. The number of nitriles is 1. The number of alkyl halides is 1. The van der Waals surface area contributed by atoms with Crippen LogP contribution in [0.3, 0.4) is 0 Å². The Morgan fingerprint density at radius 3 is 3.14 bits per heavy atom. The van der Waals surface area contributed by atoms with Gasteiger partial charge in [-0.05, 0) is 6.42 Å². The van der Waals surface area contributed by atoms with Gasteiger partial charge in [-0.2, -0.15) is 10.4 Å². The molecule has 2 atom stereocenters. The number of hydrogen-bond donors (Lipinski definition) is 2. The minimum absolute atomic E-state index is 0.233. The molecular weight excluding hydrogens is 187 g/mol. The SMILES string of the molecule is N#Cc1cn[nH]c1NC(=O)[C@@H]1C[C@@H]1F. The third kappa shape index (κ3) is 1.44. The van der Waals surface area contributed by atoms with Crippen LogP contribution < -0.4 is 5.32 Å². The zero-order valence-corrected chi connectivity index (χ0v) is 7.12. The first kappa shape index (κ1) is 8.69. The maximum Gasteiger partial charge on any atom is 0.231 e. The normalized spacial score (nSPS) is 24.0. The summed E-state index contributed by atoms with van der Waals surface area (Å²) in [6.45, 7) is 0. The number of aromatic nitrogens is 2. The molecule has 0 radical (unpaired) electrons. The number of nitrogens with zero attached hydrogens (tertiary/aromatic N) is 2. The second kappa shape index (κ2) is 3.10. The van der Waals surface area contributed by atoms with Gasteiger partial charge in [-0.25, -0.2) is 4.39 Å². The Bertz CT molecular complexity index is 408. The lowest BCUT2D eigenvalue weighted by Crippen LogP contribution is -2.15. The Labute approximate surface area is 78.9 Å². The fourth-order valence-electron chi connectivity index (χ4n) is 1.12. The Kier molecular flexibility index (Phi) is 1.93. The van der Waals surface area contributed by atoms with Gasteiger partial charge >= 0.3 is 0 Å². The second-order valence-electron chi connectivity index (χ2n) is 3.12. The van der Waals surface area contributed by atoms with E-state index in [0.29, 0.717) is 0 Å². The van der Waals surface area contributed by atoms with Crippen LogP contribution in [-0.4, -0.2) is 22.3 Å². The number of anilines is 1. The van der Waals surface area contributed by atoms with Crippen LogP contribution in [0.4, 0.5) is 10.2 Å². The molecule has 1 heterocycles. The van der Waals surface area contributed by atoms with Crippen LogP contribution in [-0.2, 0) is 4.79 Å². The number of nitrogens with one attached hydrogen (secondary N) is 2. The van der Waals surface area contributed by atoms with E-state index in [9.17, 15) is 9.18 Å². The Balaban J connectivity index is 2.04. The molecule has 6 heteroatoms. The summed E-state index contributed by atoms with van der Waals surface area (Å²) >= 11 is 0. The number of halogens is 1. The fraction of sp³-hybridized carbons (Fsp3) is 0.375. The molecule has 1 fully saturated rings. The first-order valence-electron chi connectivity index (χ1n) is 4.10. The van der Waals surface area contributed by atoms with Crippen LogP contribution in [0.2, 0.25) is 0 Å². The molecular formula is C8H7FN4O. The maximum absolute atomic E-state index is 12.5. The van der Waals surface area contributed by atoms with Crippen molar-refractivity contribution < 1.29 is 9.18 Å². The molecule has 1 saturated carbocycles. The molecule has 0 bridgehead atoms. The average Bonchev–Trinajstić information content (AvgIpc) is 2.74. The summed E-state index contributed by atoms with van der Waals surface area (Å²) in [5, 5.41) is 17.1. The van der Waals surface area contributed by atoms with Crippen LogP contribution >= 0.6 is 0 Å². The fourth-order valence-corrected chi connectivity index (χ4v) is 1.12. The molecule has 1 aromatic heterocycles. The van der Waals surface area contributed by atoms with Gasteiger partial charge in [0.2, 0.25) is 5.91 Å². The summed E-state index contributed by atoms with van der Waals surface area (Å²) in [5.41, 5.74) is 0.245. The van der Waals surface area contributed by atoms with Gasteiger partial charge < -0.3 is 5.32 Å². The van der Waals surface area contributed by atoms with Gasteiger partial charge in [0, 0.05) is 0 Å². The minimum atomic E-state index is -1.04. The van der Waals surface area contributed by atoms with E-state index in [1.807, 2.05) is 6.07 Å². The van der Waals surface area contributed by atoms with E-state index in [2.05, 4.69) is 15.5 Å². The third-order valence-corrected chi connectivity index (χ3v) is 2.06. The summed E-state index contributed by atoms with van der Waals surface area (Å²) in [5.74, 6) is -0.736. The van der Waals surface area contributed by atoms with Crippen molar-refractivity contribution >= 4 is 11.7 Å². The molecule has 14 heavy (non-hydrogen) atoms. The number of hydrogen-bond acceptors (Lipinski definition) is 3.